The molecule has 7 nitrogen and oxygen atoms in total. The first-order valence-electron chi connectivity index (χ1n) is 9.63. The van der Waals surface area contributed by atoms with E-state index in [0.717, 1.165) is 22.6 Å². The van der Waals surface area contributed by atoms with Crippen molar-refractivity contribution in [3.8, 4) is 11.5 Å². The third-order valence-electron chi connectivity index (χ3n) is 4.62. The highest BCUT2D eigenvalue weighted by Gasteiger charge is 2.36. The molecule has 0 radical (unpaired) electrons. The van der Waals surface area contributed by atoms with Crippen molar-refractivity contribution < 1.29 is 32.6 Å². The summed E-state index contributed by atoms with van der Waals surface area (Å²) in [5.41, 5.74) is 1.11. The third-order valence-corrected chi connectivity index (χ3v) is 5.53. The zero-order chi connectivity index (χ0) is 24.1. The molecule has 33 heavy (non-hydrogen) atoms. The molecule has 0 spiro atoms. The lowest BCUT2D eigenvalue weighted by Gasteiger charge is -2.14. The van der Waals surface area contributed by atoms with Gasteiger partial charge in [0, 0.05) is 11.6 Å². The Morgan fingerprint density at radius 3 is 2.58 bits per heavy atom. The smallest absolute Gasteiger partial charge is 0.294 e. The first kappa shape index (κ1) is 24.0. The average Bonchev–Trinajstić information content (AvgIpc) is 3.02. The van der Waals surface area contributed by atoms with Gasteiger partial charge in [-0.25, -0.2) is 8.78 Å². The summed E-state index contributed by atoms with van der Waals surface area (Å²) in [7, 11) is 2.99. The molecule has 1 saturated heterocycles. The number of nitrogens with one attached hydrogen (secondary N) is 1. The number of nitrogens with zero attached hydrogens (tertiary/aromatic N) is 1. The highest BCUT2D eigenvalue weighted by Crippen LogP contribution is 2.37. The molecule has 3 rings (SSSR count). The van der Waals surface area contributed by atoms with Gasteiger partial charge < -0.3 is 14.8 Å². The summed E-state index contributed by atoms with van der Waals surface area (Å²) in [5.74, 6) is -2.26. The van der Waals surface area contributed by atoms with E-state index in [9.17, 15) is 23.2 Å². The van der Waals surface area contributed by atoms with Crippen LogP contribution in [0, 0.1) is 11.6 Å². The van der Waals surface area contributed by atoms with E-state index in [4.69, 9.17) is 9.47 Å². The van der Waals surface area contributed by atoms with Crippen molar-refractivity contribution >= 4 is 40.6 Å². The lowest BCUT2D eigenvalue weighted by molar-refractivity contribution is -0.127. The van der Waals surface area contributed by atoms with Gasteiger partial charge in [0.25, 0.3) is 11.1 Å². The molecule has 2 aromatic rings. The highest BCUT2D eigenvalue weighted by molar-refractivity contribution is 8.18. The van der Waals surface area contributed by atoms with Gasteiger partial charge in [-0.1, -0.05) is 6.08 Å². The predicted octanol–water partition coefficient (Wildman–Crippen LogP) is 4.39. The summed E-state index contributed by atoms with van der Waals surface area (Å²) in [6, 6.07) is 6.08. The molecule has 2 aromatic carbocycles. The van der Waals surface area contributed by atoms with Crippen LogP contribution in [0.15, 0.2) is 47.9 Å². The Bertz CT molecular complexity index is 1170. The summed E-state index contributed by atoms with van der Waals surface area (Å²) in [6.07, 6.45) is 3.69. The number of halogens is 2. The van der Waals surface area contributed by atoms with Crippen LogP contribution in [0.3, 0.4) is 0 Å². The van der Waals surface area contributed by atoms with Gasteiger partial charge in [-0.2, -0.15) is 0 Å². The van der Waals surface area contributed by atoms with Crippen molar-refractivity contribution in [1.82, 2.24) is 4.90 Å². The normalized spacial score (nSPS) is 14.5. The van der Waals surface area contributed by atoms with Crippen LogP contribution in [0.5, 0.6) is 11.5 Å². The van der Waals surface area contributed by atoms with E-state index in [0.29, 0.717) is 41.3 Å². The Balaban J connectivity index is 1.80. The zero-order valence-corrected chi connectivity index (χ0v) is 18.6. The molecule has 0 bridgehead atoms. The van der Waals surface area contributed by atoms with Crippen LogP contribution in [0.2, 0.25) is 0 Å². The van der Waals surface area contributed by atoms with Crippen LogP contribution in [-0.4, -0.2) is 42.7 Å². The maximum atomic E-state index is 13.7. The van der Waals surface area contributed by atoms with E-state index in [1.807, 2.05) is 0 Å². The van der Waals surface area contributed by atoms with Gasteiger partial charge in [-0.3, -0.25) is 19.3 Å². The van der Waals surface area contributed by atoms with Crippen LogP contribution in [0.4, 0.5) is 19.3 Å². The number of amides is 3. The van der Waals surface area contributed by atoms with Gasteiger partial charge in [-0.15, -0.1) is 6.58 Å². The second-order valence-corrected chi connectivity index (χ2v) is 7.84. The van der Waals surface area contributed by atoms with Crippen LogP contribution in [0.25, 0.3) is 6.08 Å². The molecule has 0 aromatic heterocycles. The SMILES string of the molecule is C=CCc1cc(/C=C2\SC(=O)N(CC(=O)Nc3ccc(F)cc3F)C2=O)cc(OC)c1OC. The molecule has 1 heterocycles. The molecule has 10 heteroatoms. The second-order valence-electron chi connectivity index (χ2n) is 6.85. The minimum Gasteiger partial charge on any atom is -0.493 e. The molecule has 1 aliphatic heterocycles. The maximum absolute atomic E-state index is 13.7. The summed E-state index contributed by atoms with van der Waals surface area (Å²) in [5, 5.41) is 1.58. The summed E-state index contributed by atoms with van der Waals surface area (Å²) >= 11 is 0.675. The molecule has 0 atom stereocenters. The van der Waals surface area contributed by atoms with Crippen molar-refractivity contribution in [2.45, 2.75) is 6.42 Å². The fourth-order valence-corrected chi connectivity index (χ4v) is 4.01. The summed E-state index contributed by atoms with van der Waals surface area (Å²) in [4.78, 5) is 38.2. The quantitative estimate of drug-likeness (QED) is 0.451. The maximum Gasteiger partial charge on any atom is 0.294 e. The van der Waals surface area contributed by atoms with E-state index in [-0.39, 0.29) is 10.6 Å². The van der Waals surface area contributed by atoms with Crippen molar-refractivity contribution in [2.24, 2.45) is 0 Å². The number of imide groups is 1. The number of hydrogen-bond acceptors (Lipinski definition) is 6. The van der Waals surface area contributed by atoms with Gasteiger partial charge in [0.1, 0.15) is 18.2 Å². The van der Waals surface area contributed by atoms with Crippen molar-refractivity contribution in [2.75, 3.05) is 26.1 Å². The van der Waals surface area contributed by atoms with Gasteiger partial charge in [0.15, 0.2) is 11.5 Å². The topological polar surface area (TPSA) is 84.9 Å². The number of carbonyl (C=O) groups is 3. The van der Waals surface area contributed by atoms with Gasteiger partial charge >= 0.3 is 0 Å². The molecule has 0 unspecified atom stereocenters. The minimum absolute atomic E-state index is 0.109. The number of methoxy groups -OCH3 is 2. The van der Waals surface area contributed by atoms with Gasteiger partial charge in [-0.05, 0) is 54.1 Å². The predicted molar refractivity (Wildman–Crippen MR) is 121 cm³/mol. The first-order valence-corrected chi connectivity index (χ1v) is 10.4. The molecule has 3 amide bonds. The Kier molecular flexibility index (Phi) is 7.49. The second kappa shape index (κ2) is 10.3. The fourth-order valence-electron chi connectivity index (χ4n) is 3.17. The molecule has 1 aliphatic rings. The summed E-state index contributed by atoms with van der Waals surface area (Å²) in [6.45, 7) is 3.10. The molecule has 1 fully saturated rings. The molecular formula is C23H20F2N2O5S. The highest BCUT2D eigenvalue weighted by atomic mass is 32.2. The minimum atomic E-state index is -0.971. The third kappa shape index (κ3) is 5.40. The monoisotopic (exact) mass is 474 g/mol. The molecule has 172 valence electrons. The Hall–Kier alpha value is -3.66. The number of allylic oxidation sites excluding steroid dienone is 1. The van der Waals surface area contributed by atoms with Gasteiger partial charge in [0.2, 0.25) is 5.91 Å². The van der Waals surface area contributed by atoms with Crippen LogP contribution in [-0.2, 0) is 16.0 Å². The lowest BCUT2D eigenvalue weighted by Crippen LogP contribution is -2.36. The number of rotatable bonds is 8. The fraction of sp³-hybridized carbons (Fsp3) is 0.174. The largest absolute Gasteiger partial charge is 0.493 e. The number of ether oxygens (including phenoxy) is 2. The zero-order valence-electron chi connectivity index (χ0n) is 17.8. The molecule has 0 aliphatic carbocycles. The van der Waals surface area contributed by atoms with Crippen molar-refractivity contribution in [3.05, 3.63) is 70.7 Å². The number of carbonyl (C=O) groups excluding carboxylic acids is 3. The average molecular weight is 474 g/mol. The number of thioether (sulfide) groups is 1. The standard InChI is InChI=1S/C23H20F2N2O5S/c1-4-5-14-8-13(9-18(31-2)21(14)32-3)10-19-22(29)27(23(30)33-19)12-20(28)26-17-7-6-15(24)11-16(17)25/h4,6-11H,1,5,12H2,2-3H3,(H,26,28)/b19-10-. The van der Waals surface area contributed by atoms with Crippen molar-refractivity contribution in [1.29, 1.82) is 0 Å². The van der Waals surface area contributed by atoms with Crippen LogP contribution >= 0.6 is 11.8 Å². The lowest BCUT2D eigenvalue weighted by atomic mass is 10.0. The van der Waals surface area contributed by atoms with Crippen molar-refractivity contribution in [3.63, 3.8) is 0 Å². The van der Waals surface area contributed by atoms with Crippen LogP contribution < -0.4 is 14.8 Å². The number of anilines is 1. The number of benzene rings is 2. The van der Waals surface area contributed by atoms with Crippen LogP contribution in [0.1, 0.15) is 11.1 Å². The molecule has 0 saturated carbocycles. The molecule has 1 N–H and O–H groups in total. The van der Waals surface area contributed by atoms with E-state index >= 15 is 0 Å². The van der Waals surface area contributed by atoms with E-state index in [1.54, 1.807) is 18.2 Å². The summed E-state index contributed by atoms with van der Waals surface area (Å²) < 4.78 is 37.5. The van der Waals surface area contributed by atoms with E-state index in [2.05, 4.69) is 11.9 Å². The Labute approximate surface area is 193 Å². The molecular weight excluding hydrogens is 454 g/mol. The van der Waals surface area contributed by atoms with Gasteiger partial charge in [0.05, 0.1) is 24.8 Å². The first-order chi connectivity index (χ1) is 15.8. The number of hydrogen-bond donors (Lipinski definition) is 1. The van der Waals surface area contributed by atoms with E-state index in [1.165, 1.54) is 20.3 Å². The Morgan fingerprint density at radius 1 is 1.18 bits per heavy atom. The Morgan fingerprint density at radius 2 is 1.94 bits per heavy atom. The van der Waals surface area contributed by atoms with E-state index < -0.39 is 35.2 Å².